The summed E-state index contributed by atoms with van der Waals surface area (Å²) in [4.78, 5) is 24.5. The Bertz CT molecular complexity index is 1080. The number of hydrogen-bond acceptors (Lipinski definition) is 5. The molecule has 118 valence electrons. The van der Waals surface area contributed by atoms with Crippen LogP contribution in [0.25, 0.3) is 16.5 Å². The zero-order chi connectivity index (χ0) is 17.4. The van der Waals surface area contributed by atoms with Crippen LogP contribution < -0.4 is 11.3 Å². The van der Waals surface area contributed by atoms with Crippen molar-refractivity contribution in [3.63, 3.8) is 0 Å². The molecule has 7 heteroatoms. The first-order valence-corrected chi connectivity index (χ1v) is 7.00. The normalized spacial score (nSPS) is 10.5. The number of anilines is 1. The van der Waals surface area contributed by atoms with E-state index in [2.05, 4.69) is 5.10 Å². The van der Waals surface area contributed by atoms with Gasteiger partial charge < -0.3 is 10.8 Å². The lowest BCUT2D eigenvalue weighted by molar-refractivity contribution is 0.0691. The third kappa shape index (κ3) is 2.18. The average molecular weight is 320 g/mol. The summed E-state index contributed by atoms with van der Waals surface area (Å²) in [5.74, 6) is -1.28. The first-order valence-electron chi connectivity index (χ1n) is 7.00. The van der Waals surface area contributed by atoms with Crippen molar-refractivity contribution in [2.24, 2.45) is 0 Å². The maximum atomic E-state index is 12.9. The Balaban J connectivity index is 2.56. The van der Waals surface area contributed by atoms with E-state index in [0.29, 0.717) is 11.3 Å². The molecule has 0 aliphatic rings. The average Bonchev–Trinajstić information content (AvgIpc) is 2.55. The summed E-state index contributed by atoms with van der Waals surface area (Å²) in [6, 6.07) is 11.7. The van der Waals surface area contributed by atoms with Gasteiger partial charge in [-0.2, -0.15) is 15.0 Å². The Kier molecular flexibility index (Phi) is 3.50. The summed E-state index contributed by atoms with van der Waals surface area (Å²) < 4.78 is 1.02. The van der Waals surface area contributed by atoms with E-state index in [4.69, 9.17) is 5.73 Å². The topological polar surface area (TPSA) is 122 Å². The number of hydrogen-bond donors (Lipinski definition) is 2. The lowest BCUT2D eigenvalue weighted by atomic mass is 9.99. The first-order chi connectivity index (χ1) is 11.5. The van der Waals surface area contributed by atoms with Crippen LogP contribution in [0.3, 0.4) is 0 Å². The second-order valence-corrected chi connectivity index (χ2v) is 5.21. The lowest BCUT2D eigenvalue weighted by Crippen LogP contribution is -2.25. The van der Waals surface area contributed by atoms with Gasteiger partial charge in [0.25, 0.3) is 5.56 Å². The van der Waals surface area contributed by atoms with E-state index >= 15 is 0 Å². The largest absolute Gasteiger partial charge is 0.476 e. The van der Waals surface area contributed by atoms with Gasteiger partial charge in [0.05, 0.1) is 22.3 Å². The molecule has 1 aromatic heterocycles. The van der Waals surface area contributed by atoms with Crippen LogP contribution in [-0.2, 0) is 0 Å². The molecule has 0 spiro atoms. The molecular weight excluding hydrogens is 308 g/mol. The van der Waals surface area contributed by atoms with Crippen LogP contribution in [0.2, 0.25) is 0 Å². The number of nitrogen functional groups attached to an aromatic ring is 1. The number of nitrogens with zero attached hydrogens (tertiary/aromatic N) is 3. The molecule has 24 heavy (non-hydrogen) atoms. The minimum Gasteiger partial charge on any atom is -0.476 e. The number of aryl methyl sites for hydroxylation is 1. The number of carboxylic acids is 1. The molecule has 0 unspecified atom stereocenters. The summed E-state index contributed by atoms with van der Waals surface area (Å²) in [7, 11) is 0. The third-order valence-electron chi connectivity index (χ3n) is 3.78. The van der Waals surface area contributed by atoms with Gasteiger partial charge in [-0.3, -0.25) is 4.79 Å². The van der Waals surface area contributed by atoms with Crippen molar-refractivity contribution in [1.29, 1.82) is 5.26 Å². The van der Waals surface area contributed by atoms with Crippen molar-refractivity contribution >= 4 is 22.4 Å². The number of para-hydroxylation sites is 1. The smallest absolute Gasteiger partial charge is 0.357 e. The molecule has 0 bridgehead atoms. The fourth-order valence-electron chi connectivity index (χ4n) is 2.66. The van der Waals surface area contributed by atoms with E-state index < -0.39 is 11.5 Å². The number of carboxylic acid groups (broad SMARTS) is 1. The third-order valence-corrected chi connectivity index (χ3v) is 3.78. The van der Waals surface area contributed by atoms with Crippen LogP contribution in [-0.4, -0.2) is 20.9 Å². The molecule has 0 aliphatic carbocycles. The fourth-order valence-corrected chi connectivity index (χ4v) is 2.66. The molecule has 0 atom stereocenters. The number of rotatable bonds is 2. The number of aromatic carboxylic acids is 1. The Morgan fingerprint density at radius 1 is 1.33 bits per heavy atom. The Morgan fingerprint density at radius 2 is 2.00 bits per heavy atom. The second kappa shape index (κ2) is 5.52. The zero-order valence-electron chi connectivity index (χ0n) is 12.6. The molecule has 3 aromatic rings. The Hall–Kier alpha value is -3.66. The van der Waals surface area contributed by atoms with Crippen LogP contribution in [0.15, 0.2) is 41.2 Å². The van der Waals surface area contributed by atoms with Crippen LogP contribution in [0.1, 0.15) is 21.6 Å². The van der Waals surface area contributed by atoms with E-state index in [1.165, 1.54) is 6.07 Å². The van der Waals surface area contributed by atoms with E-state index in [1.807, 2.05) is 6.07 Å². The maximum Gasteiger partial charge on any atom is 0.357 e. The summed E-state index contributed by atoms with van der Waals surface area (Å²) in [6.45, 7) is 1.57. The van der Waals surface area contributed by atoms with Crippen LogP contribution in [0.4, 0.5) is 5.69 Å². The van der Waals surface area contributed by atoms with E-state index in [9.17, 15) is 20.0 Å². The highest BCUT2D eigenvalue weighted by molar-refractivity contribution is 6.04. The molecule has 0 saturated carbocycles. The van der Waals surface area contributed by atoms with Crippen LogP contribution in [0, 0.1) is 18.3 Å². The summed E-state index contributed by atoms with van der Waals surface area (Å²) in [5, 5.41) is 22.9. The van der Waals surface area contributed by atoms with Gasteiger partial charge in [0, 0.05) is 5.39 Å². The molecule has 1 heterocycles. The molecule has 7 nitrogen and oxygen atoms in total. The van der Waals surface area contributed by atoms with Crippen molar-refractivity contribution in [1.82, 2.24) is 9.78 Å². The minimum atomic E-state index is -1.28. The number of nitrogens with two attached hydrogens (primary N) is 1. The van der Waals surface area contributed by atoms with Gasteiger partial charge in [-0.1, -0.05) is 18.2 Å². The number of aromatic nitrogens is 2. The van der Waals surface area contributed by atoms with Gasteiger partial charge in [-0.05, 0) is 30.7 Å². The first kappa shape index (κ1) is 15.2. The van der Waals surface area contributed by atoms with Gasteiger partial charge >= 0.3 is 5.97 Å². The molecular formula is C17H12N4O3. The SMILES string of the molecule is Cc1c(C#N)c(N)cc2c(C(=O)O)nn(-c3ccccc3)c(=O)c12. The Morgan fingerprint density at radius 3 is 2.58 bits per heavy atom. The van der Waals surface area contributed by atoms with Gasteiger partial charge in [-0.25, -0.2) is 4.79 Å². The zero-order valence-corrected chi connectivity index (χ0v) is 12.6. The van der Waals surface area contributed by atoms with Gasteiger partial charge in [0.15, 0.2) is 5.69 Å². The minimum absolute atomic E-state index is 0.115. The van der Waals surface area contributed by atoms with Crippen molar-refractivity contribution in [2.45, 2.75) is 6.92 Å². The molecule has 2 aromatic carbocycles. The quantitative estimate of drug-likeness (QED) is 0.695. The molecule has 0 fully saturated rings. The molecule has 0 aliphatic heterocycles. The summed E-state index contributed by atoms with van der Waals surface area (Å²) in [5.41, 5.74) is 6.05. The highest BCUT2D eigenvalue weighted by Gasteiger charge is 2.21. The molecule has 3 rings (SSSR count). The molecule has 0 radical (unpaired) electrons. The van der Waals surface area contributed by atoms with Crippen LogP contribution in [0.5, 0.6) is 0 Å². The molecule has 3 N–H and O–H groups in total. The highest BCUT2D eigenvalue weighted by atomic mass is 16.4. The monoisotopic (exact) mass is 320 g/mol. The van der Waals surface area contributed by atoms with E-state index in [1.54, 1.807) is 37.3 Å². The summed E-state index contributed by atoms with van der Waals surface area (Å²) >= 11 is 0. The van der Waals surface area contributed by atoms with Crippen LogP contribution >= 0.6 is 0 Å². The number of carbonyl (C=O) groups is 1. The van der Waals surface area contributed by atoms with Gasteiger partial charge in [0.2, 0.25) is 0 Å². The predicted octanol–water partition coefficient (Wildman–Crippen LogP) is 1.85. The maximum absolute atomic E-state index is 12.9. The molecule has 0 amide bonds. The molecule has 0 saturated heterocycles. The van der Waals surface area contributed by atoms with Crippen molar-refractivity contribution in [3.05, 3.63) is 63.6 Å². The number of fused-ring (bicyclic) bond motifs is 1. The lowest BCUT2D eigenvalue weighted by Gasteiger charge is -2.12. The fraction of sp³-hybridized carbons (Fsp3) is 0.0588. The van der Waals surface area contributed by atoms with Gasteiger partial charge in [0.1, 0.15) is 6.07 Å². The van der Waals surface area contributed by atoms with Crippen molar-refractivity contribution < 1.29 is 9.90 Å². The second-order valence-electron chi connectivity index (χ2n) is 5.21. The van der Waals surface area contributed by atoms with E-state index in [0.717, 1.165) is 4.68 Å². The number of benzene rings is 2. The highest BCUT2D eigenvalue weighted by Crippen LogP contribution is 2.26. The van der Waals surface area contributed by atoms with Crippen molar-refractivity contribution in [2.75, 3.05) is 5.73 Å². The van der Waals surface area contributed by atoms with Crippen molar-refractivity contribution in [3.8, 4) is 11.8 Å². The number of nitriles is 1. The predicted molar refractivity (Wildman–Crippen MR) is 88.2 cm³/mol. The Labute approximate surface area is 136 Å². The standard InChI is InChI=1S/C17H12N4O3/c1-9-12(8-18)13(19)7-11-14(9)16(22)21(20-15(11)17(23)24)10-5-3-2-4-6-10/h2-7H,19H2,1H3,(H,23,24). The van der Waals surface area contributed by atoms with E-state index in [-0.39, 0.29) is 27.7 Å². The summed E-state index contributed by atoms with van der Waals surface area (Å²) in [6.07, 6.45) is 0. The van der Waals surface area contributed by atoms with Gasteiger partial charge in [-0.15, -0.1) is 0 Å².